The van der Waals surface area contributed by atoms with Crippen molar-refractivity contribution in [1.82, 2.24) is 4.90 Å². The van der Waals surface area contributed by atoms with Crippen molar-refractivity contribution in [3.63, 3.8) is 0 Å². The number of hydrogen-bond donors (Lipinski definition) is 1. The van der Waals surface area contributed by atoms with Crippen LogP contribution >= 0.6 is 0 Å². The Hall–Kier alpha value is -1.12. The van der Waals surface area contributed by atoms with E-state index in [1.165, 1.54) is 5.56 Å². The van der Waals surface area contributed by atoms with Crippen LogP contribution in [-0.2, 0) is 5.41 Å². The average molecular weight is 285 g/mol. The van der Waals surface area contributed by atoms with E-state index in [1.807, 2.05) is 13.0 Å². The standard InChI is InChI=1S/C19H27NO/c1-5-20(6-2)19-14-10-13-16(19)17(3,18(19,4)21)15-11-8-7-9-12-15/h7-13,16,21H,5-6,14H2,1-4H3/t16-,17+,18+,19+/m0/s1. The quantitative estimate of drug-likeness (QED) is 0.857. The molecule has 1 aromatic carbocycles. The first-order chi connectivity index (χ1) is 9.96. The minimum Gasteiger partial charge on any atom is -0.387 e. The molecule has 0 radical (unpaired) electrons. The molecule has 3 rings (SSSR count). The van der Waals surface area contributed by atoms with Gasteiger partial charge < -0.3 is 5.11 Å². The fraction of sp³-hybridized carbons (Fsp3) is 0.579. The molecule has 114 valence electrons. The Morgan fingerprint density at radius 3 is 2.33 bits per heavy atom. The summed E-state index contributed by atoms with van der Waals surface area (Å²) in [5.41, 5.74) is 0.154. The number of likely N-dealkylation sites (N-methyl/N-ethyl adjacent to an activating group) is 1. The number of nitrogens with zero attached hydrogens (tertiary/aromatic N) is 1. The number of fused-ring (bicyclic) bond motifs is 1. The third kappa shape index (κ3) is 1.50. The van der Waals surface area contributed by atoms with E-state index in [-0.39, 0.29) is 11.0 Å². The Morgan fingerprint density at radius 2 is 1.76 bits per heavy atom. The van der Waals surface area contributed by atoms with E-state index in [1.54, 1.807) is 0 Å². The summed E-state index contributed by atoms with van der Waals surface area (Å²) in [5.74, 6) is 0.377. The van der Waals surface area contributed by atoms with Crippen molar-refractivity contribution in [2.24, 2.45) is 5.92 Å². The lowest BCUT2D eigenvalue weighted by Crippen LogP contribution is -2.84. The van der Waals surface area contributed by atoms with E-state index in [0.717, 1.165) is 19.5 Å². The average Bonchev–Trinajstić information content (AvgIpc) is 2.93. The molecule has 1 fully saturated rings. The van der Waals surface area contributed by atoms with Gasteiger partial charge in [-0.1, -0.05) is 63.3 Å². The Labute approximate surface area is 128 Å². The van der Waals surface area contributed by atoms with Gasteiger partial charge in [-0.25, -0.2) is 0 Å². The molecule has 2 aliphatic rings. The summed E-state index contributed by atoms with van der Waals surface area (Å²) in [7, 11) is 0. The molecule has 2 nitrogen and oxygen atoms in total. The minimum atomic E-state index is -0.735. The van der Waals surface area contributed by atoms with Crippen molar-refractivity contribution in [3.05, 3.63) is 48.0 Å². The van der Waals surface area contributed by atoms with Crippen LogP contribution in [0.4, 0.5) is 0 Å². The van der Waals surface area contributed by atoms with Crippen molar-refractivity contribution in [1.29, 1.82) is 0 Å². The minimum absolute atomic E-state index is 0.138. The Bertz CT molecular complexity index is 546. The van der Waals surface area contributed by atoms with E-state index >= 15 is 0 Å². The normalized spacial score (nSPS) is 41.1. The SMILES string of the molecule is CCN(CC)[C@]12CC=C[C@H]1[C@@](C)(c1ccccc1)[C@@]2(C)O. The van der Waals surface area contributed by atoms with Gasteiger partial charge in [-0.2, -0.15) is 0 Å². The second-order valence-electron chi connectivity index (χ2n) is 6.85. The molecule has 1 aromatic rings. The van der Waals surface area contributed by atoms with Gasteiger partial charge in [0.25, 0.3) is 0 Å². The van der Waals surface area contributed by atoms with Crippen molar-refractivity contribution in [3.8, 4) is 0 Å². The van der Waals surface area contributed by atoms with Crippen LogP contribution in [0.5, 0.6) is 0 Å². The summed E-state index contributed by atoms with van der Waals surface area (Å²) in [5, 5.41) is 11.6. The molecule has 0 saturated heterocycles. The van der Waals surface area contributed by atoms with Crippen LogP contribution < -0.4 is 0 Å². The second kappa shape index (κ2) is 4.69. The maximum Gasteiger partial charge on any atom is 0.0911 e. The molecule has 1 N–H and O–H groups in total. The van der Waals surface area contributed by atoms with Gasteiger partial charge in [0.15, 0.2) is 0 Å². The van der Waals surface area contributed by atoms with Gasteiger partial charge in [0, 0.05) is 11.3 Å². The third-order valence-electron chi connectivity index (χ3n) is 6.45. The summed E-state index contributed by atoms with van der Waals surface area (Å²) in [6.45, 7) is 10.6. The molecule has 0 heterocycles. The zero-order valence-electron chi connectivity index (χ0n) is 13.6. The van der Waals surface area contributed by atoms with Crippen molar-refractivity contribution < 1.29 is 5.11 Å². The Morgan fingerprint density at radius 1 is 1.14 bits per heavy atom. The number of benzene rings is 1. The maximum atomic E-state index is 11.6. The molecule has 2 aliphatic carbocycles. The van der Waals surface area contributed by atoms with E-state index in [4.69, 9.17) is 0 Å². The van der Waals surface area contributed by atoms with E-state index < -0.39 is 5.60 Å². The first-order valence-electron chi connectivity index (χ1n) is 8.16. The van der Waals surface area contributed by atoms with Gasteiger partial charge in [0.05, 0.1) is 11.1 Å². The smallest absolute Gasteiger partial charge is 0.0911 e. The monoisotopic (exact) mass is 285 g/mol. The predicted octanol–water partition coefficient (Wildman–Crippen LogP) is 3.37. The molecule has 0 aromatic heterocycles. The fourth-order valence-electron chi connectivity index (χ4n) is 5.18. The molecular formula is C19H27NO. The van der Waals surface area contributed by atoms with Crippen LogP contribution in [0.15, 0.2) is 42.5 Å². The van der Waals surface area contributed by atoms with Crippen LogP contribution in [0.25, 0.3) is 0 Å². The van der Waals surface area contributed by atoms with E-state index in [0.29, 0.717) is 5.92 Å². The highest BCUT2D eigenvalue weighted by molar-refractivity contribution is 5.48. The highest BCUT2D eigenvalue weighted by Gasteiger charge is 2.77. The Balaban J connectivity index is 2.10. The van der Waals surface area contributed by atoms with Gasteiger partial charge in [-0.3, -0.25) is 4.90 Å². The molecular weight excluding hydrogens is 258 g/mol. The van der Waals surface area contributed by atoms with Crippen molar-refractivity contribution in [2.45, 2.75) is 50.7 Å². The largest absolute Gasteiger partial charge is 0.387 e. The number of aliphatic hydroxyl groups is 1. The number of hydrogen-bond acceptors (Lipinski definition) is 2. The van der Waals surface area contributed by atoms with Gasteiger partial charge in [-0.05, 0) is 32.0 Å². The highest BCUT2D eigenvalue weighted by atomic mass is 16.3. The predicted molar refractivity (Wildman–Crippen MR) is 87.3 cm³/mol. The molecule has 0 amide bonds. The summed E-state index contributed by atoms with van der Waals surface area (Å²) >= 11 is 0. The molecule has 0 aliphatic heterocycles. The van der Waals surface area contributed by atoms with Crippen LogP contribution in [0, 0.1) is 5.92 Å². The summed E-state index contributed by atoms with van der Waals surface area (Å²) in [6.07, 6.45) is 5.56. The lowest BCUT2D eigenvalue weighted by atomic mass is 9.39. The molecule has 2 heteroatoms. The Kier molecular flexibility index (Phi) is 3.30. The summed E-state index contributed by atoms with van der Waals surface area (Å²) in [4.78, 5) is 2.46. The van der Waals surface area contributed by atoms with Gasteiger partial charge in [0.1, 0.15) is 0 Å². The van der Waals surface area contributed by atoms with Crippen LogP contribution in [0.3, 0.4) is 0 Å². The zero-order valence-corrected chi connectivity index (χ0v) is 13.6. The van der Waals surface area contributed by atoms with Crippen molar-refractivity contribution in [2.75, 3.05) is 13.1 Å². The zero-order chi connectivity index (χ0) is 15.3. The van der Waals surface area contributed by atoms with E-state index in [2.05, 4.69) is 62.1 Å². The molecule has 0 unspecified atom stereocenters. The first-order valence-corrected chi connectivity index (χ1v) is 8.16. The van der Waals surface area contributed by atoms with Crippen LogP contribution in [0.1, 0.15) is 39.7 Å². The van der Waals surface area contributed by atoms with Gasteiger partial charge in [-0.15, -0.1) is 0 Å². The number of rotatable bonds is 4. The van der Waals surface area contributed by atoms with Gasteiger partial charge >= 0.3 is 0 Å². The second-order valence-corrected chi connectivity index (χ2v) is 6.85. The molecule has 0 spiro atoms. The third-order valence-corrected chi connectivity index (χ3v) is 6.45. The van der Waals surface area contributed by atoms with Crippen LogP contribution in [-0.4, -0.2) is 34.2 Å². The lowest BCUT2D eigenvalue weighted by Gasteiger charge is -2.72. The maximum absolute atomic E-state index is 11.6. The van der Waals surface area contributed by atoms with Gasteiger partial charge in [0.2, 0.25) is 0 Å². The molecule has 21 heavy (non-hydrogen) atoms. The van der Waals surface area contributed by atoms with E-state index in [9.17, 15) is 5.11 Å². The fourth-order valence-corrected chi connectivity index (χ4v) is 5.18. The summed E-state index contributed by atoms with van der Waals surface area (Å²) < 4.78 is 0. The molecule has 4 atom stereocenters. The topological polar surface area (TPSA) is 23.5 Å². The first kappa shape index (κ1) is 14.8. The molecule has 0 bridgehead atoms. The lowest BCUT2D eigenvalue weighted by molar-refractivity contribution is -0.253. The summed E-state index contributed by atoms with van der Waals surface area (Å²) in [6, 6.07) is 10.5. The van der Waals surface area contributed by atoms with Crippen LogP contribution in [0.2, 0.25) is 0 Å². The van der Waals surface area contributed by atoms with Crippen molar-refractivity contribution >= 4 is 0 Å². The highest BCUT2D eigenvalue weighted by Crippen LogP contribution is 2.68. The molecule has 1 saturated carbocycles.